The van der Waals surface area contributed by atoms with Gasteiger partial charge in [-0.05, 0) is 0 Å². The number of rotatable bonds is 0. The van der Waals surface area contributed by atoms with Gasteiger partial charge in [0.2, 0.25) is 0 Å². The molecule has 0 radical (unpaired) electrons. The average Bonchev–Trinajstić information content (AvgIpc) is 0. The van der Waals surface area contributed by atoms with Crippen LogP contribution in [0.5, 0.6) is 0 Å². The van der Waals surface area contributed by atoms with E-state index in [1.54, 1.807) is 0 Å². The van der Waals surface area contributed by atoms with Crippen molar-refractivity contribution in [3.05, 3.63) is 0 Å². The fraction of sp³-hybridized carbons (Fsp3) is 0. The van der Waals surface area contributed by atoms with E-state index in [2.05, 4.69) is 0 Å². The molecule has 0 heterocycles. The van der Waals surface area contributed by atoms with Gasteiger partial charge in [-0.3, -0.25) is 0 Å². The molecule has 0 nitrogen and oxygen atoms in total. The van der Waals surface area contributed by atoms with Gasteiger partial charge >= 0.3 is 0 Å². The Morgan fingerprint density at radius 3 is 0.333 bits per heavy atom. The van der Waals surface area contributed by atoms with Gasteiger partial charge in [-0.2, -0.15) is 0 Å². The zero-order valence-electron chi connectivity index (χ0n) is 2.54. The normalized spacial score (nSPS) is 0. The number of hydrogen-bond donors (Lipinski definition) is 0. The predicted molar refractivity (Wildman–Crippen MR) is 36.2 cm³/mol. The summed E-state index contributed by atoms with van der Waals surface area (Å²) in [7, 11) is 0. The van der Waals surface area contributed by atoms with E-state index in [0.717, 1.165) is 0 Å². The molecule has 0 saturated heterocycles. The molecule has 44 valence electrons. The van der Waals surface area contributed by atoms with E-state index in [9.17, 15) is 0 Å². The van der Waals surface area contributed by atoms with Gasteiger partial charge in [0.1, 0.15) is 0 Å². The van der Waals surface area contributed by atoms with Gasteiger partial charge < -0.3 is 0 Å². The van der Waals surface area contributed by atoms with Crippen molar-refractivity contribution < 1.29 is 21.7 Å². The van der Waals surface area contributed by atoms with Crippen LogP contribution in [0.3, 0.4) is 0 Å². The largest absolute Gasteiger partial charge is 0.147 e. The monoisotopic (exact) mass is 228 g/mol. The molecule has 0 aromatic heterocycles. The SMILES string of the molecule is Cl.Cl.Cl.Cl.Cl.[Ti]. The molecule has 6 heteroatoms. The minimum Gasteiger partial charge on any atom is -0.147 e. The second kappa shape index (κ2) is 58.1. The van der Waals surface area contributed by atoms with Crippen molar-refractivity contribution in [3.63, 3.8) is 0 Å². The van der Waals surface area contributed by atoms with Gasteiger partial charge in [0.25, 0.3) is 0 Å². The predicted octanol–water partition coefficient (Wildman–Crippen LogP) is 2.11. The average molecular weight is 230 g/mol. The molecule has 6 heavy (non-hydrogen) atoms. The van der Waals surface area contributed by atoms with Gasteiger partial charge in [-0.15, -0.1) is 62.0 Å². The van der Waals surface area contributed by atoms with Crippen LogP contribution >= 0.6 is 62.0 Å². The van der Waals surface area contributed by atoms with E-state index in [1.165, 1.54) is 0 Å². The maximum Gasteiger partial charge on any atom is 0 e. The standard InChI is InChI=1S/5ClH.Ti/h5*1H;. The Bertz CT molecular complexity index is 3.90. The molecule has 0 aromatic rings. The summed E-state index contributed by atoms with van der Waals surface area (Å²) in [6.07, 6.45) is 0. The van der Waals surface area contributed by atoms with Crippen molar-refractivity contribution in [2.75, 3.05) is 0 Å². The fourth-order valence-corrected chi connectivity index (χ4v) is 0. The summed E-state index contributed by atoms with van der Waals surface area (Å²) in [6, 6.07) is 0. The first kappa shape index (κ1) is 89.5. The van der Waals surface area contributed by atoms with Crippen LogP contribution in [-0.2, 0) is 21.7 Å². The van der Waals surface area contributed by atoms with Crippen molar-refractivity contribution in [1.82, 2.24) is 0 Å². The second-order valence-electron chi connectivity index (χ2n) is 0. The summed E-state index contributed by atoms with van der Waals surface area (Å²) >= 11 is 0. The molecule has 0 aliphatic rings. The molecule has 0 spiro atoms. The molecule has 0 fully saturated rings. The van der Waals surface area contributed by atoms with Crippen LogP contribution in [0.2, 0.25) is 0 Å². The zero-order valence-corrected chi connectivity index (χ0v) is 8.19. The molecule has 0 atom stereocenters. The van der Waals surface area contributed by atoms with Gasteiger partial charge in [-0.25, -0.2) is 0 Å². The Labute approximate surface area is 83.1 Å². The van der Waals surface area contributed by atoms with Crippen LogP contribution in [0.4, 0.5) is 0 Å². The molecule has 0 amide bonds. The van der Waals surface area contributed by atoms with Crippen LogP contribution in [0.15, 0.2) is 0 Å². The maximum atomic E-state index is 0. The Morgan fingerprint density at radius 2 is 0.333 bits per heavy atom. The quantitative estimate of drug-likeness (QED) is 0.559. The molecular formula is H5Cl5Ti. The molecule has 0 unspecified atom stereocenters. The van der Waals surface area contributed by atoms with E-state index < -0.39 is 0 Å². The summed E-state index contributed by atoms with van der Waals surface area (Å²) in [5.74, 6) is 0. The Hall–Kier alpha value is 2.16. The molecular weight excluding hydrogens is 225 g/mol. The molecule has 0 bridgehead atoms. The fourth-order valence-electron chi connectivity index (χ4n) is 0. The summed E-state index contributed by atoms with van der Waals surface area (Å²) < 4.78 is 0. The summed E-state index contributed by atoms with van der Waals surface area (Å²) in [6.45, 7) is 0. The molecule has 0 N–H and O–H groups in total. The van der Waals surface area contributed by atoms with Gasteiger partial charge in [-0.1, -0.05) is 0 Å². The minimum absolute atomic E-state index is 0. The third kappa shape index (κ3) is 35.1. The van der Waals surface area contributed by atoms with Crippen LogP contribution in [-0.4, -0.2) is 0 Å². The first-order chi connectivity index (χ1) is 0. The number of hydrogen-bond acceptors (Lipinski definition) is 0. The van der Waals surface area contributed by atoms with Crippen molar-refractivity contribution in [2.45, 2.75) is 0 Å². The molecule has 0 aromatic carbocycles. The topological polar surface area (TPSA) is 0 Å². The summed E-state index contributed by atoms with van der Waals surface area (Å²) in [5, 5.41) is 0. The second-order valence-corrected chi connectivity index (χ2v) is 0. The zero-order chi connectivity index (χ0) is 0. The molecule has 0 aliphatic heterocycles. The minimum atomic E-state index is 0. The molecule has 0 saturated carbocycles. The van der Waals surface area contributed by atoms with Crippen molar-refractivity contribution in [3.8, 4) is 0 Å². The van der Waals surface area contributed by atoms with E-state index in [-0.39, 0.29) is 83.8 Å². The van der Waals surface area contributed by atoms with E-state index in [4.69, 9.17) is 0 Å². The first-order valence-electron chi connectivity index (χ1n) is 0. The van der Waals surface area contributed by atoms with E-state index in [1.807, 2.05) is 0 Å². The molecule has 0 rings (SSSR count). The summed E-state index contributed by atoms with van der Waals surface area (Å²) in [5.41, 5.74) is 0. The summed E-state index contributed by atoms with van der Waals surface area (Å²) in [4.78, 5) is 0. The number of halogens is 5. The van der Waals surface area contributed by atoms with Crippen molar-refractivity contribution in [1.29, 1.82) is 0 Å². The third-order valence-electron chi connectivity index (χ3n) is 0. The maximum absolute atomic E-state index is 0. The van der Waals surface area contributed by atoms with Crippen LogP contribution in [0.25, 0.3) is 0 Å². The van der Waals surface area contributed by atoms with Gasteiger partial charge in [0.15, 0.2) is 0 Å². The Balaban J connectivity index is 0. The Kier molecular flexibility index (Phi) is 867. The van der Waals surface area contributed by atoms with Crippen LogP contribution in [0, 0.1) is 0 Å². The van der Waals surface area contributed by atoms with Gasteiger partial charge in [0.05, 0.1) is 0 Å². The van der Waals surface area contributed by atoms with E-state index >= 15 is 0 Å². The third-order valence-corrected chi connectivity index (χ3v) is 0. The van der Waals surface area contributed by atoms with Crippen LogP contribution in [0.1, 0.15) is 0 Å². The van der Waals surface area contributed by atoms with Crippen molar-refractivity contribution >= 4 is 62.0 Å². The smallest absolute Gasteiger partial charge is 0 e. The van der Waals surface area contributed by atoms with Crippen molar-refractivity contribution in [2.24, 2.45) is 0 Å². The molecule has 0 aliphatic carbocycles. The first-order valence-corrected chi connectivity index (χ1v) is 0. The Morgan fingerprint density at radius 1 is 0.333 bits per heavy atom. The van der Waals surface area contributed by atoms with Crippen LogP contribution < -0.4 is 0 Å². The van der Waals surface area contributed by atoms with E-state index in [0.29, 0.717) is 0 Å². The van der Waals surface area contributed by atoms with Gasteiger partial charge in [0, 0.05) is 21.7 Å².